The van der Waals surface area contributed by atoms with Crippen molar-refractivity contribution >= 4 is 18.3 Å². The maximum absolute atomic E-state index is 11.6. The zero-order chi connectivity index (χ0) is 13.4. The van der Waals surface area contributed by atoms with Crippen molar-refractivity contribution in [2.45, 2.75) is 33.6 Å². The summed E-state index contributed by atoms with van der Waals surface area (Å²) in [7, 11) is 0. The third-order valence-electron chi connectivity index (χ3n) is 2.99. The fourth-order valence-corrected chi connectivity index (χ4v) is 1.93. The van der Waals surface area contributed by atoms with Crippen molar-refractivity contribution in [3.8, 4) is 0 Å². The highest BCUT2D eigenvalue weighted by molar-refractivity contribution is 5.85. The van der Waals surface area contributed by atoms with Crippen molar-refractivity contribution in [3.63, 3.8) is 0 Å². The van der Waals surface area contributed by atoms with Gasteiger partial charge in [0, 0.05) is 19.5 Å². The van der Waals surface area contributed by atoms with Crippen LogP contribution in [0.2, 0.25) is 0 Å². The SMILES string of the molecule is CCNCCNC(=O)CCc1ccc(C)cc1C.Cl. The Morgan fingerprint density at radius 1 is 1.21 bits per heavy atom. The molecule has 19 heavy (non-hydrogen) atoms. The minimum absolute atomic E-state index is 0. The second-order valence-corrected chi connectivity index (χ2v) is 4.63. The maximum atomic E-state index is 11.6. The molecule has 4 heteroatoms. The Hall–Kier alpha value is -1.06. The van der Waals surface area contributed by atoms with Gasteiger partial charge in [-0.25, -0.2) is 0 Å². The van der Waals surface area contributed by atoms with Crippen molar-refractivity contribution in [1.29, 1.82) is 0 Å². The van der Waals surface area contributed by atoms with Crippen LogP contribution < -0.4 is 10.6 Å². The van der Waals surface area contributed by atoms with Crippen molar-refractivity contribution < 1.29 is 4.79 Å². The number of carbonyl (C=O) groups excluding carboxylic acids is 1. The lowest BCUT2D eigenvalue weighted by Gasteiger charge is -2.08. The Kier molecular flexibility index (Phi) is 9.27. The summed E-state index contributed by atoms with van der Waals surface area (Å²) in [5, 5.41) is 6.10. The zero-order valence-electron chi connectivity index (χ0n) is 12.1. The van der Waals surface area contributed by atoms with Gasteiger partial charge in [-0.05, 0) is 37.9 Å². The van der Waals surface area contributed by atoms with Gasteiger partial charge in [0.05, 0.1) is 0 Å². The second-order valence-electron chi connectivity index (χ2n) is 4.63. The zero-order valence-corrected chi connectivity index (χ0v) is 12.9. The van der Waals surface area contributed by atoms with Gasteiger partial charge in [-0.1, -0.05) is 30.7 Å². The van der Waals surface area contributed by atoms with Crippen LogP contribution in [0.3, 0.4) is 0 Å². The molecular formula is C15H25ClN2O. The monoisotopic (exact) mass is 284 g/mol. The first-order chi connectivity index (χ1) is 8.63. The fraction of sp³-hybridized carbons (Fsp3) is 0.533. The molecule has 0 spiro atoms. The first-order valence-electron chi connectivity index (χ1n) is 6.67. The normalized spacial score (nSPS) is 9.84. The van der Waals surface area contributed by atoms with Gasteiger partial charge in [-0.15, -0.1) is 12.4 Å². The summed E-state index contributed by atoms with van der Waals surface area (Å²) in [6, 6.07) is 6.39. The molecule has 0 atom stereocenters. The number of halogens is 1. The van der Waals surface area contributed by atoms with E-state index < -0.39 is 0 Å². The standard InChI is InChI=1S/C15H24N2O.ClH/c1-4-16-9-10-17-15(18)8-7-14-6-5-12(2)11-13(14)3;/h5-6,11,16H,4,7-10H2,1-3H3,(H,17,18);1H. The van der Waals surface area contributed by atoms with Crippen LogP contribution in [0.25, 0.3) is 0 Å². The van der Waals surface area contributed by atoms with Crippen LogP contribution >= 0.6 is 12.4 Å². The number of hydrogen-bond acceptors (Lipinski definition) is 2. The highest BCUT2D eigenvalue weighted by atomic mass is 35.5. The summed E-state index contributed by atoms with van der Waals surface area (Å²) in [4.78, 5) is 11.6. The van der Waals surface area contributed by atoms with E-state index in [1.54, 1.807) is 0 Å². The molecule has 2 N–H and O–H groups in total. The number of hydrogen-bond donors (Lipinski definition) is 2. The third kappa shape index (κ3) is 7.19. The molecule has 0 radical (unpaired) electrons. The highest BCUT2D eigenvalue weighted by Crippen LogP contribution is 2.12. The second kappa shape index (κ2) is 9.82. The molecular weight excluding hydrogens is 260 g/mol. The Labute approximate surface area is 122 Å². The lowest BCUT2D eigenvalue weighted by molar-refractivity contribution is -0.121. The van der Waals surface area contributed by atoms with Gasteiger partial charge in [-0.2, -0.15) is 0 Å². The van der Waals surface area contributed by atoms with Crippen LogP contribution in [-0.4, -0.2) is 25.5 Å². The van der Waals surface area contributed by atoms with E-state index in [-0.39, 0.29) is 18.3 Å². The molecule has 1 amide bonds. The average Bonchev–Trinajstić information content (AvgIpc) is 2.33. The number of carbonyl (C=O) groups is 1. The summed E-state index contributed by atoms with van der Waals surface area (Å²) in [6.45, 7) is 8.74. The Morgan fingerprint density at radius 3 is 2.58 bits per heavy atom. The molecule has 0 aromatic heterocycles. The number of benzene rings is 1. The van der Waals surface area contributed by atoms with Crippen molar-refractivity contribution in [1.82, 2.24) is 10.6 Å². The molecule has 0 aliphatic heterocycles. The van der Waals surface area contributed by atoms with E-state index in [0.29, 0.717) is 13.0 Å². The number of aryl methyl sites for hydroxylation is 3. The van der Waals surface area contributed by atoms with Crippen LogP contribution in [0, 0.1) is 13.8 Å². The molecule has 0 aliphatic rings. The quantitative estimate of drug-likeness (QED) is 0.755. The summed E-state index contributed by atoms with van der Waals surface area (Å²) < 4.78 is 0. The summed E-state index contributed by atoms with van der Waals surface area (Å²) >= 11 is 0. The van der Waals surface area contributed by atoms with Crippen LogP contribution in [-0.2, 0) is 11.2 Å². The third-order valence-corrected chi connectivity index (χ3v) is 2.99. The van der Waals surface area contributed by atoms with Gasteiger partial charge in [0.25, 0.3) is 0 Å². The lowest BCUT2D eigenvalue weighted by Crippen LogP contribution is -2.31. The van der Waals surface area contributed by atoms with E-state index in [4.69, 9.17) is 0 Å². The van der Waals surface area contributed by atoms with Gasteiger partial charge in [0.15, 0.2) is 0 Å². The molecule has 3 nitrogen and oxygen atoms in total. The molecule has 0 fully saturated rings. The molecule has 0 saturated carbocycles. The summed E-state index contributed by atoms with van der Waals surface area (Å²) in [5.74, 6) is 0.132. The molecule has 0 aliphatic carbocycles. The van der Waals surface area contributed by atoms with Gasteiger partial charge >= 0.3 is 0 Å². The lowest BCUT2D eigenvalue weighted by atomic mass is 10.0. The molecule has 0 saturated heterocycles. The largest absolute Gasteiger partial charge is 0.355 e. The van der Waals surface area contributed by atoms with E-state index in [9.17, 15) is 4.79 Å². The van der Waals surface area contributed by atoms with E-state index in [0.717, 1.165) is 19.5 Å². The topological polar surface area (TPSA) is 41.1 Å². The molecule has 1 aromatic rings. The smallest absolute Gasteiger partial charge is 0.220 e. The molecule has 1 aromatic carbocycles. The molecule has 0 unspecified atom stereocenters. The van der Waals surface area contributed by atoms with Crippen molar-refractivity contribution in [2.75, 3.05) is 19.6 Å². The number of rotatable bonds is 7. The minimum atomic E-state index is 0. The number of amides is 1. The highest BCUT2D eigenvalue weighted by Gasteiger charge is 2.03. The Balaban J connectivity index is 0.00000324. The Morgan fingerprint density at radius 2 is 1.95 bits per heavy atom. The van der Waals surface area contributed by atoms with E-state index in [2.05, 4.69) is 49.6 Å². The predicted molar refractivity (Wildman–Crippen MR) is 83.0 cm³/mol. The average molecular weight is 285 g/mol. The molecule has 0 bridgehead atoms. The van der Waals surface area contributed by atoms with Gasteiger partial charge in [0.1, 0.15) is 0 Å². The van der Waals surface area contributed by atoms with Crippen molar-refractivity contribution in [2.24, 2.45) is 0 Å². The molecule has 1 rings (SSSR count). The van der Waals surface area contributed by atoms with Crippen LogP contribution in [0.15, 0.2) is 18.2 Å². The number of likely N-dealkylation sites (N-methyl/N-ethyl adjacent to an activating group) is 1. The summed E-state index contributed by atoms with van der Waals surface area (Å²) in [5.41, 5.74) is 3.81. The van der Waals surface area contributed by atoms with E-state index in [1.165, 1.54) is 16.7 Å². The minimum Gasteiger partial charge on any atom is -0.355 e. The number of nitrogens with one attached hydrogen (secondary N) is 2. The van der Waals surface area contributed by atoms with Gasteiger partial charge < -0.3 is 10.6 Å². The van der Waals surface area contributed by atoms with E-state index in [1.807, 2.05) is 0 Å². The van der Waals surface area contributed by atoms with E-state index >= 15 is 0 Å². The van der Waals surface area contributed by atoms with Gasteiger partial charge in [-0.3, -0.25) is 4.79 Å². The van der Waals surface area contributed by atoms with Crippen LogP contribution in [0.5, 0.6) is 0 Å². The predicted octanol–water partition coefficient (Wildman–Crippen LogP) is 2.38. The molecule has 0 heterocycles. The molecule has 108 valence electrons. The van der Waals surface area contributed by atoms with Crippen LogP contribution in [0.1, 0.15) is 30.0 Å². The maximum Gasteiger partial charge on any atom is 0.220 e. The summed E-state index contributed by atoms with van der Waals surface area (Å²) in [6.07, 6.45) is 1.38. The first kappa shape index (κ1) is 17.9. The van der Waals surface area contributed by atoms with Crippen molar-refractivity contribution in [3.05, 3.63) is 34.9 Å². The Bertz CT molecular complexity index is 394. The van der Waals surface area contributed by atoms with Gasteiger partial charge in [0.2, 0.25) is 5.91 Å². The van der Waals surface area contributed by atoms with Crippen LogP contribution in [0.4, 0.5) is 0 Å². The first-order valence-corrected chi connectivity index (χ1v) is 6.67. The fourth-order valence-electron chi connectivity index (χ4n) is 1.93.